The summed E-state index contributed by atoms with van der Waals surface area (Å²) in [5.74, 6) is -0.450. The van der Waals surface area contributed by atoms with Crippen LogP contribution in [0.25, 0.3) is 0 Å². The van der Waals surface area contributed by atoms with Gasteiger partial charge in [-0.3, -0.25) is 4.79 Å². The van der Waals surface area contributed by atoms with E-state index in [9.17, 15) is 9.18 Å². The Labute approximate surface area is 104 Å². The van der Waals surface area contributed by atoms with Crippen LogP contribution in [0.1, 0.15) is 18.1 Å². The fourth-order valence-electron chi connectivity index (χ4n) is 1.43. The van der Waals surface area contributed by atoms with E-state index < -0.39 is 11.8 Å². The van der Waals surface area contributed by atoms with Gasteiger partial charge in [-0.05, 0) is 19.1 Å². The van der Waals surface area contributed by atoms with Gasteiger partial charge in [-0.1, -0.05) is 0 Å². The molecular weight excluding hydrogens is 247 g/mol. The summed E-state index contributed by atoms with van der Waals surface area (Å²) in [7, 11) is 1.47. The molecule has 5 heteroatoms. The van der Waals surface area contributed by atoms with Crippen LogP contribution >= 0.6 is 11.6 Å². The van der Waals surface area contributed by atoms with Crippen molar-refractivity contribution in [3.05, 3.63) is 29.1 Å². The van der Waals surface area contributed by atoms with Gasteiger partial charge >= 0.3 is 5.97 Å². The van der Waals surface area contributed by atoms with Gasteiger partial charge in [0.15, 0.2) is 0 Å². The van der Waals surface area contributed by atoms with Crippen molar-refractivity contribution in [2.45, 2.75) is 19.2 Å². The monoisotopic (exact) mass is 260 g/mol. The van der Waals surface area contributed by atoms with Crippen molar-refractivity contribution >= 4 is 17.6 Å². The molecule has 17 heavy (non-hydrogen) atoms. The highest BCUT2D eigenvalue weighted by molar-refractivity contribution is 6.17. The Kier molecular flexibility index (Phi) is 5.22. The number of ether oxygens (including phenoxy) is 2. The van der Waals surface area contributed by atoms with E-state index in [1.165, 1.54) is 19.2 Å². The smallest absolute Gasteiger partial charge is 0.310 e. The van der Waals surface area contributed by atoms with Crippen LogP contribution in [-0.4, -0.2) is 19.7 Å². The predicted molar refractivity (Wildman–Crippen MR) is 62.8 cm³/mol. The lowest BCUT2D eigenvalue weighted by atomic mass is 10.1. The van der Waals surface area contributed by atoms with Gasteiger partial charge in [0.25, 0.3) is 0 Å². The minimum atomic E-state index is -0.478. The molecule has 1 aromatic rings. The number of hydrogen-bond donors (Lipinski definition) is 0. The highest BCUT2D eigenvalue weighted by atomic mass is 35.5. The van der Waals surface area contributed by atoms with Crippen LogP contribution in [0.15, 0.2) is 12.1 Å². The summed E-state index contributed by atoms with van der Waals surface area (Å²) in [5.41, 5.74) is 0.545. The summed E-state index contributed by atoms with van der Waals surface area (Å²) < 4.78 is 23.6. The molecule has 0 radical (unpaired) electrons. The fourth-order valence-corrected chi connectivity index (χ4v) is 1.62. The third-order valence-corrected chi connectivity index (χ3v) is 2.50. The van der Waals surface area contributed by atoms with Gasteiger partial charge in [-0.15, -0.1) is 11.6 Å². The summed E-state index contributed by atoms with van der Waals surface area (Å²) in [6.45, 7) is 1.97. The maximum absolute atomic E-state index is 13.8. The molecule has 1 aromatic carbocycles. The highest BCUT2D eigenvalue weighted by Crippen LogP contribution is 2.23. The molecule has 0 saturated carbocycles. The van der Waals surface area contributed by atoms with Crippen molar-refractivity contribution in [2.75, 3.05) is 13.7 Å². The van der Waals surface area contributed by atoms with Crippen molar-refractivity contribution in [1.82, 2.24) is 0 Å². The SMILES string of the molecule is CCOC(=O)Cc1cc(OC)cc(CCl)c1F. The molecule has 0 aliphatic heterocycles. The maximum Gasteiger partial charge on any atom is 0.310 e. The van der Waals surface area contributed by atoms with E-state index in [2.05, 4.69) is 0 Å². The highest BCUT2D eigenvalue weighted by Gasteiger charge is 2.14. The lowest BCUT2D eigenvalue weighted by Crippen LogP contribution is -2.10. The largest absolute Gasteiger partial charge is 0.497 e. The molecule has 0 amide bonds. The first-order valence-electron chi connectivity index (χ1n) is 5.19. The van der Waals surface area contributed by atoms with Gasteiger partial charge in [0.2, 0.25) is 0 Å². The average molecular weight is 261 g/mol. The van der Waals surface area contributed by atoms with Crippen LogP contribution < -0.4 is 4.74 Å². The Bertz CT molecular complexity index is 407. The number of rotatable bonds is 5. The average Bonchev–Trinajstić information content (AvgIpc) is 2.32. The molecule has 94 valence electrons. The standard InChI is InChI=1S/C12H14ClFO3/c1-3-17-11(15)6-8-4-10(16-2)5-9(7-13)12(8)14/h4-5H,3,6-7H2,1-2H3. The van der Waals surface area contributed by atoms with Crippen molar-refractivity contribution in [1.29, 1.82) is 0 Å². The molecule has 0 fully saturated rings. The molecule has 0 unspecified atom stereocenters. The zero-order chi connectivity index (χ0) is 12.8. The number of esters is 1. The molecule has 0 atom stereocenters. The number of methoxy groups -OCH3 is 1. The molecule has 0 saturated heterocycles. The third kappa shape index (κ3) is 3.60. The van der Waals surface area contributed by atoms with Crippen LogP contribution in [0.5, 0.6) is 5.75 Å². The van der Waals surface area contributed by atoms with E-state index in [1.807, 2.05) is 0 Å². The Morgan fingerprint density at radius 2 is 2.06 bits per heavy atom. The van der Waals surface area contributed by atoms with Gasteiger partial charge in [-0.25, -0.2) is 4.39 Å². The second-order valence-electron chi connectivity index (χ2n) is 3.38. The third-order valence-electron chi connectivity index (χ3n) is 2.22. The second kappa shape index (κ2) is 6.45. The van der Waals surface area contributed by atoms with Gasteiger partial charge in [0.1, 0.15) is 11.6 Å². The van der Waals surface area contributed by atoms with E-state index in [-0.39, 0.29) is 24.5 Å². The van der Waals surface area contributed by atoms with Crippen LogP contribution in [0.4, 0.5) is 4.39 Å². The van der Waals surface area contributed by atoms with Gasteiger partial charge < -0.3 is 9.47 Å². The van der Waals surface area contributed by atoms with E-state index in [1.54, 1.807) is 6.92 Å². The lowest BCUT2D eigenvalue weighted by molar-refractivity contribution is -0.142. The Balaban J connectivity index is 3.00. The summed E-state index contributed by atoms with van der Waals surface area (Å²) in [5, 5.41) is 0. The second-order valence-corrected chi connectivity index (χ2v) is 3.64. The van der Waals surface area contributed by atoms with E-state index in [0.717, 1.165) is 0 Å². The number of benzene rings is 1. The summed E-state index contributed by atoms with van der Waals surface area (Å²) >= 11 is 5.62. The molecule has 0 N–H and O–H groups in total. The number of alkyl halides is 1. The van der Waals surface area contributed by atoms with Crippen LogP contribution in [0.2, 0.25) is 0 Å². The van der Waals surface area contributed by atoms with Gasteiger partial charge in [-0.2, -0.15) is 0 Å². The van der Waals surface area contributed by atoms with Crippen molar-refractivity contribution in [3.63, 3.8) is 0 Å². The maximum atomic E-state index is 13.8. The number of carbonyl (C=O) groups excluding carboxylic acids is 1. The Morgan fingerprint density at radius 1 is 1.41 bits per heavy atom. The van der Waals surface area contributed by atoms with Crippen molar-refractivity contribution in [3.8, 4) is 5.75 Å². The minimum absolute atomic E-state index is 0.0266. The first kappa shape index (κ1) is 13.8. The quantitative estimate of drug-likeness (QED) is 0.603. The Morgan fingerprint density at radius 3 is 2.59 bits per heavy atom. The molecule has 0 bridgehead atoms. The molecule has 0 heterocycles. The van der Waals surface area contributed by atoms with E-state index >= 15 is 0 Å². The van der Waals surface area contributed by atoms with Gasteiger partial charge in [0, 0.05) is 11.1 Å². The molecule has 0 aliphatic rings. The summed E-state index contributed by atoms with van der Waals surface area (Å²) in [6.07, 6.45) is -0.124. The normalized spacial score (nSPS) is 10.1. The summed E-state index contributed by atoms with van der Waals surface area (Å²) in [6, 6.07) is 2.99. The number of carbonyl (C=O) groups is 1. The number of hydrogen-bond acceptors (Lipinski definition) is 3. The molecule has 3 nitrogen and oxygen atoms in total. The van der Waals surface area contributed by atoms with E-state index in [0.29, 0.717) is 11.3 Å². The minimum Gasteiger partial charge on any atom is -0.497 e. The number of halogens is 2. The van der Waals surface area contributed by atoms with Crippen LogP contribution in [0, 0.1) is 5.82 Å². The van der Waals surface area contributed by atoms with Crippen molar-refractivity contribution in [2.24, 2.45) is 0 Å². The molecule has 1 rings (SSSR count). The lowest BCUT2D eigenvalue weighted by Gasteiger charge is -2.09. The molecule has 0 aromatic heterocycles. The molecular formula is C12H14ClFO3. The van der Waals surface area contributed by atoms with Crippen LogP contribution in [-0.2, 0) is 21.8 Å². The first-order chi connectivity index (χ1) is 8.12. The summed E-state index contributed by atoms with van der Waals surface area (Å²) in [4.78, 5) is 11.3. The van der Waals surface area contributed by atoms with E-state index in [4.69, 9.17) is 21.1 Å². The van der Waals surface area contributed by atoms with Gasteiger partial charge in [0.05, 0.1) is 26.0 Å². The topological polar surface area (TPSA) is 35.5 Å². The zero-order valence-corrected chi connectivity index (χ0v) is 10.5. The predicted octanol–water partition coefficient (Wildman–Crippen LogP) is 2.68. The van der Waals surface area contributed by atoms with Crippen molar-refractivity contribution < 1.29 is 18.7 Å². The van der Waals surface area contributed by atoms with Crippen LogP contribution in [0.3, 0.4) is 0 Å². The first-order valence-corrected chi connectivity index (χ1v) is 5.72. The molecule has 0 spiro atoms. The fraction of sp³-hybridized carbons (Fsp3) is 0.417. The molecule has 0 aliphatic carbocycles. The Hall–Kier alpha value is -1.29. The zero-order valence-electron chi connectivity index (χ0n) is 9.76.